The van der Waals surface area contributed by atoms with Crippen LogP contribution in [0.4, 0.5) is 5.82 Å². The van der Waals surface area contributed by atoms with E-state index in [-0.39, 0.29) is 5.91 Å². The fraction of sp³-hybridized carbons (Fsp3) is 0.389. The van der Waals surface area contributed by atoms with Crippen LogP contribution in [0.15, 0.2) is 30.3 Å². The SMILES string of the molecule is Cc1nc(C(=O)NC2CC2)cc(N2CCc3ccccc3C2)n1. The fourth-order valence-electron chi connectivity index (χ4n) is 3.01. The van der Waals surface area contributed by atoms with Crippen molar-refractivity contribution >= 4 is 11.7 Å². The zero-order chi connectivity index (χ0) is 15.8. The van der Waals surface area contributed by atoms with Crippen molar-refractivity contribution in [3.05, 3.63) is 53.0 Å². The van der Waals surface area contributed by atoms with E-state index in [1.165, 1.54) is 11.1 Å². The summed E-state index contributed by atoms with van der Waals surface area (Å²) in [5.41, 5.74) is 3.21. The lowest BCUT2D eigenvalue weighted by Crippen LogP contribution is -2.32. The number of aryl methyl sites for hydroxylation is 1. The number of carbonyl (C=O) groups is 1. The molecule has 0 spiro atoms. The summed E-state index contributed by atoms with van der Waals surface area (Å²) < 4.78 is 0. The van der Waals surface area contributed by atoms with Crippen molar-refractivity contribution in [2.45, 2.75) is 38.8 Å². The summed E-state index contributed by atoms with van der Waals surface area (Å²) in [4.78, 5) is 23.3. The topological polar surface area (TPSA) is 58.1 Å². The standard InChI is InChI=1S/C18H20N4O/c1-12-19-16(18(23)21-15-6-7-15)10-17(20-12)22-9-8-13-4-2-3-5-14(13)11-22/h2-5,10,15H,6-9,11H2,1H3,(H,21,23). The van der Waals surface area contributed by atoms with E-state index in [1.54, 1.807) is 0 Å². The lowest BCUT2D eigenvalue weighted by Gasteiger charge is -2.30. The smallest absolute Gasteiger partial charge is 0.270 e. The van der Waals surface area contributed by atoms with Gasteiger partial charge in [0.05, 0.1) is 0 Å². The number of rotatable bonds is 3. The minimum Gasteiger partial charge on any atom is -0.352 e. The van der Waals surface area contributed by atoms with E-state index in [4.69, 9.17) is 0 Å². The number of nitrogens with zero attached hydrogens (tertiary/aromatic N) is 3. The first-order valence-corrected chi connectivity index (χ1v) is 8.17. The van der Waals surface area contributed by atoms with E-state index in [2.05, 4.69) is 44.5 Å². The number of benzene rings is 1. The van der Waals surface area contributed by atoms with Crippen LogP contribution in [-0.4, -0.2) is 28.5 Å². The van der Waals surface area contributed by atoms with Gasteiger partial charge >= 0.3 is 0 Å². The number of nitrogens with one attached hydrogen (secondary N) is 1. The lowest BCUT2D eigenvalue weighted by atomic mass is 10.00. The van der Waals surface area contributed by atoms with Gasteiger partial charge in [0.2, 0.25) is 0 Å². The Morgan fingerprint density at radius 3 is 2.78 bits per heavy atom. The quantitative estimate of drug-likeness (QED) is 0.945. The van der Waals surface area contributed by atoms with E-state index < -0.39 is 0 Å². The lowest BCUT2D eigenvalue weighted by molar-refractivity contribution is 0.0945. The number of hydrogen-bond acceptors (Lipinski definition) is 4. The van der Waals surface area contributed by atoms with Gasteiger partial charge in [-0.2, -0.15) is 0 Å². The van der Waals surface area contributed by atoms with Crippen molar-refractivity contribution in [2.75, 3.05) is 11.4 Å². The number of carbonyl (C=O) groups excluding carboxylic acids is 1. The molecule has 0 atom stereocenters. The van der Waals surface area contributed by atoms with Crippen molar-refractivity contribution < 1.29 is 4.79 Å². The summed E-state index contributed by atoms with van der Waals surface area (Å²) >= 11 is 0. The average Bonchev–Trinajstić information content (AvgIpc) is 3.38. The number of fused-ring (bicyclic) bond motifs is 1. The predicted molar refractivity (Wildman–Crippen MR) is 88.5 cm³/mol. The molecule has 0 bridgehead atoms. The van der Waals surface area contributed by atoms with E-state index in [1.807, 2.05) is 13.0 Å². The number of aromatic nitrogens is 2. The minimum absolute atomic E-state index is 0.0864. The molecule has 2 heterocycles. The van der Waals surface area contributed by atoms with Gasteiger partial charge in [0.25, 0.3) is 5.91 Å². The largest absolute Gasteiger partial charge is 0.352 e. The van der Waals surface area contributed by atoms with Crippen molar-refractivity contribution in [1.82, 2.24) is 15.3 Å². The molecule has 118 valence electrons. The maximum Gasteiger partial charge on any atom is 0.270 e. The molecule has 1 aliphatic heterocycles. The van der Waals surface area contributed by atoms with Crippen molar-refractivity contribution in [3.63, 3.8) is 0 Å². The van der Waals surface area contributed by atoms with Crippen molar-refractivity contribution in [1.29, 1.82) is 0 Å². The second-order valence-electron chi connectivity index (χ2n) is 6.35. The Hall–Kier alpha value is -2.43. The molecule has 1 amide bonds. The maximum atomic E-state index is 12.3. The average molecular weight is 308 g/mol. The van der Waals surface area contributed by atoms with Gasteiger partial charge in [-0.15, -0.1) is 0 Å². The molecule has 5 heteroatoms. The van der Waals surface area contributed by atoms with E-state index >= 15 is 0 Å². The first-order valence-electron chi connectivity index (χ1n) is 8.17. The highest BCUT2D eigenvalue weighted by molar-refractivity contribution is 5.93. The Morgan fingerprint density at radius 2 is 2.00 bits per heavy atom. The maximum absolute atomic E-state index is 12.3. The molecule has 4 rings (SSSR count). The Balaban J connectivity index is 1.59. The third-order valence-electron chi connectivity index (χ3n) is 4.42. The molecular formula is C18H20N4O. The first kappa shape index (κ1) is 14.2. The first-order chi connectivity index (χ1) is 11.2. The molecule has 23 heavy (non-hydrogen) atoms. The Bertz CT molecular complexity index is 754. The number of amides is 1. The van der Waals surface area contributed by atoms with E-state index in [9.17, 15) is 4.79 Å². The minimum atomic E-state index is -0.0864. The monoisotopic (exact) mass is 308 g/mol. The van der Waals surface area contributed by atoms with Crippen LogP contribution in [0.5, 0.6) is 0 Å². The van der Waals surface area contributed by atoms with Gasteiger partial charge < -0.3 is 10.2 Å². The van der Waals surface area contributed by atoms with Gasteiger partial charge in [0.15, 0.2) is 0 Å². The summed E-state index contributed by atoms with van der Waals surface area (Å²) in [5.74, 6) is 1.40. The van der Waals surface area contributed by atoms with Crippen molar-refractivity contribution in [2.24, 2.45) is 0 Å². The van der Waals surface area contributed by atoms with Crippen LogP contribution in [0.1, 0.15) is 40.3 Å². The van der Waals surface area contributed by atoms with Gasteiger partial charge in [0.1, 0.15) is 17.3 Å². The van der Waals surface area contributed by atoms with Gasteiger partial charge in [-0.05, 0) is 37.3 Å². The van der Waals surface area contributed by atoms with Crippen LogP contribution in [0, 0.1) is 6.92 Å². The van der Waals surface area contributed by atoms with E-state index in [0.717, 1.165) is 38.2 Å². The highest BCUT2D eigenvalue weighted by atomic mass is 16.2. The van der Waals surface area contributed by atoms with Gasteiger partial charge in [-0.1, -0.05) is 24.3 Å². The summed E-state index contributed by atoms with van der Waals surface area (Å²) in [6.07, 6.45) is 3.15. The number of hydrogen-bond donors (Lipinski definition) is 1. The predicted octanol–water partition coefficient (Wildman–Crippen LogP) is 2.24. The van der Waals surface area contributed by atoms with Crippen LogP contribution in [-0.2, 0) is 13.0 Å². The molecule has 1 aliphatic carbocycles. The molecule has 1 aromatic carbocycles. The molecule has 1 saturated carbocycles. The number of anilines is 1. The molecule has 1 N–H and O–H groups in total. The van der Waals surface area contributed by atoms with Gasteiger partial charge in [-0.25, -0.2) is 9.97 Å². The summed E-state index contributed by atoms with van der Waals surface area (Å²) in [6.45, 7) is 3.59. The molecule has 0 saturated heterocycles. The van der Waals surface area contributed by atoms with Crippen LogP contribution in [0.2, 0.25) is 0 Å². The van der Waals surface area contributed by atoms with Gasteiger partial charge in [-0.3, -0.25) is 4.79 Å². The highest BCUT2D eigenvalue weighted by Crippen LogP contribution is 2.24. The normalized spacial score (nSPS) is 16.8. The molecule has 1 fully saturated rings. The summed E-state index contributed by atoms with van der Waals surface area (Å²) in [5, 5.41) is 3.00. The molecule has 0 radical (unpaired) electrons. The summed E-state index contributed by atoms with van der Waals surface area (Å²) in [6, 6.07) is 10.7. The highest BCUT2D eigenvalue weighted by Gasteiger charge is 2.25. The Labute approximate surface area is 135 Å². The third-order valence-corrected chi connectivity index (χ3v) is 4.42. The zero-order valence-electron chi connectivity index (χ0n) is 13.2. The molecular weight excluding hydrogens is 288 g/mol. The molecule has 5 nitrogen and oxygen atoms in total. The van der Waals surface area contributed by atoms with Crippen LogP contribution in [0.25, 0.3) is 0 Å². The van der Waals surface area contributed by atoms with Crippen LogP contribution < -0.4 is 10.2 Å². The van der Waals surface area contributed by atoms with Crippen LogP contribution in [0.3, 0.4) is 0 Å². The Kier molecular flexibility index (Phi) is 3.48. The zero-order valence-corrected chi connectivity index (χ0v) is 13.2. The molecule has 2 aromatic rings. The van der Waals surface area contributed by atoms with E-state index in [0.29, 0.717) is 17.6 Å². The molecule has 0 unspecified atom stereocenters. The van der Waals surface area contributed by atoms with Crippen LogP contribution >= 0.6 is 0 Å². The Morgan fingerprint density at radius 1 is 1.22 bits per heavy atom. The molecule has 1 aromatic heterocycles. The second kappa shape index (κ2) is 5.65. The fourth-order valence-corrected chi connectivity index (χ4v) is 3.01. The third kappa shape index (κ3) is 3.04. The molecule has 2 aliphatic rings. The second-order valence-corrected chi connectivity index (χ2v) is 6.35. The summed E-state index contributed by atoms with van der Waals surface area (Å²) in [7, 11) is 0. The van der Waals surface area contributed by atoms with Crippen molar-refractivity contribution in [3.8, 4) is 0 Å². The van der Waals surface area contributed by atoms with Gasteiger partial charge in [0, 0.05) is 25.2 Å².